The molecule has 5 heteroatoms. The Balaban J connectivity index is 3.84. The van der Waals surface area contributed by atoms with E-state index in [9.17, 15) is 0 Å². The van der Waals surface area contributed by atoms with Crippen molar-refractivity contribution in [3.05, 3.63) is 0 Å². The summed E-state index contributed by atoms with van der Waals surface area (Å²) in [5.41, 5.74) is 5.38. The smallest absolute Gasteiger partial charge is 0.144 e. The van der Waals surface area contributed by atoms with Crippen molar-refractivity contribution in [3.63, 3.8) is 0 Å². The van der Waals surface area contributed by atoms with Gasteiger partial charge in [0.1, 0.15) is 5.84 Å². The van der Waals surface area contributed by atoms with Crippen molar-refractivity contribution in [2.24, 2.45) is 16.3 Å². The van der Waals surface area contributed by atoms with E-state index in [0.717, 1.165) is 38.9 Å². The van der Waals surface area contributed by atoms with Crippen LogP contribution in [0.1, 0.15) is 40.0 Å². The SMILES string of the molecule is CCN(CCO)CCCCC(C)(C)C(N)=NO. The maximum Gasteiger partial charge on any atom is 0.144 e. The minimum atomic E-state index is -0.247. The normalized spacial score (nSPS) is 13.4. The van der Waals surface area contributed by atoms with E-state index < -0.39 is 0 Å². The number of aliphatic hydroxyl groups is 1. The van der Waals surface area contributed by atoms with Gasteiger partial charge in [-0.1, -0.05) is 32.3 Å². The number of hydrogen-bond acceptors (Lipinski definition) is 4. The number of nitrogens with two attached hydrogens (primary N) is 1. The number of unbranched alkanes of at least 4 members (excludes halogenated alkanes) is 1. The molecule has 0 spiro atoms. The van der Waals surface area contributed by atoms with Gasteiger partial charge in [-0.25, -0.2) is 0 Å². The van der Waals surface area contributed by atoms with Gasteiger partial charge in [0.2, 0.25) is 0 Å². The zero-order chi connectivity index (χ0) is 13.3. The van der Waals surface area contributed by atoms with Crippen LogP contribution in [0.25, 0.3) is 0 Å². The summed E-state index contributed by atoms with van der Waals surface area (Å²) in [7, 11) is 0. The Labute approximate surface area is 104 Å². The second kappa shape index (κ2) is 8.31. The van der Waals surface area contributed by atoms with E-state index in [4.69, 9.17) is 16.0 Å². The zero-order valence-corrected chi connectivity index (χ0v) is 11.3. The molecular weight excluding hydrogens is 218 g/mol. The number of rotatable bonds is 9. The third-order valence-corrected chi connectivity index (χ3v) is 3.19. The van der Waals surface area contributed by atoms with Crippen LogP contribution in [0.15, 0.2) is 5.16 Å². The minimum absolute atomic E-state index is 0.212. The van der Waals surface area contributed by atoms with Gasteiger partial charge in [0, 0.05) is 12.0 Å². The van der Waals surface area contributed by atoms with Gasteiger partial charge in [0.25, 0.3) is 0 Å². The quantitative estimate of drug-likeness (QED) is 0.188. The maximum atomic E-state index is 8.86. The molecule has 0 atom stereocenters. The first-order valence-electron chi connectivity index (χ1n) is 6.29. The molecule has 102 valence electrons. The van der Waals surface area contributed by atoms with E-state index >= 15 is 0 Å². The number of hydrogen-bond donors (Lipinski definition) is 3. The first kappa shape index (κ1) is 16.2. The predicted molar refractivity (Wildman–Crippen MR) is 70.2 cm³/mol. The van der Waals surface area contributed by atoms with E-state index in [0.29, 0.717) is 5.84 Å². The first-order chi connectivity index (χ1) is 7.97. The lowest BCUT2D eigenvalue weighted by atomic mass is 9.86. The van der Waals surface area contributed by atoms with E-state index in [1.807, 2.05) is 13.8 Å². The Morgan fingerprint density at radius 2 is 1.94 bits per heavy atom. The summed E-state index contributed by atoms with van der Waals surface area (Å²) < 4.78 is 0. The lowest BCUT2D eigenvalue weighted by Crippen LogP contribution is -2.32. The lowest BCUT2D eigenvalue weighted by Gasteiger charge is -2.24. The molecule has 0 aromatic heterocycles. The zero-order valence-electron chi connectivity index (χ0n) is 11.3. The molecule has 0 aromatic carbocycles. The number of oxime groups is 1. The standard InChI is InChI=1S/C12H27N3O2/c1-4-15(9-10-16)8-6-5-7-12(2,3)11(13)14-17/h16-17H,4-10H2,1-3H3,(H2,13,14). The molecule has 0 saturated heterocycles. The molecule has 0 bridgehead atoms. The molecule has 4 N–H and O–H groups in total. The number of likely N-dealkylation sites (N-methyl/N-ethyl adjacent to an activating group) is 1. The Morgan fingerprint density at radius 3 is 2.41 bits per heavy atom. The van der Waals surface area contributed by atoms with Crippen LogP contribution in [0, 0.1) is 5.41 Å². The Kier molecular flexibility index (Phi) is 7.91. The molecule has 0 unspecified atom stereocenters. The van der Waals surface area contributed by atoms with Crippen LogP contribution in [-0.2, 0) is 0 Å². The van der Waals surface area contributed by atoms with E-state index in [1.165, 1.54) is 0 Å². The summed E-state index contributed by atoms with van der Waals surface area (Å²) >= 11 is 0. The molecule has 0 aliphatic rings. The highest BCUT2D eigenvalue weighted by molar-refractivity contribution is 5.85. The molecule has 0 aromatic rings. The molecule has 0 amide bonds. The van der Waals surface area contributed by atoms with Gasteiger partial charge in [-0.05, 0) is 25.9 Å². The number of nitrogens with zero attached hydrogens (tertiary/aromatic N) is 2. The van der Waals surface area contributed by atoms with Crippen LogP contribution in [0.2, 0.25) is 0 Å². The van der Waals surface area contributed by atoms with Crippen molar-refractivity contribution >= 4 is 5.84 Å². The molecule has 0 aliphatic carbocycles. The molecule has 0 rings (SSSR count). The van der Waals surface area contributed by atoms with Crippen molar-refractivity contribution in [3.8, 4) is 0 Å². The van der Waals surface area contributed by atoms with Gasteiger partial charge in [-0.2, -0.15) is 0 Å². The highest BCUT2D eigenvalue weighted by Crippen LogP contribution is 2.23. The van der Waals surface area contributed by atoms with E-state index in [2.05, 4.69) is 17.0 Å². The van der Waals surface area contributed by atoms with Crippen LogP contribution in [-0.4, -0.2) is 47.3 Å². The highest BCUT2D eigenvalue weighted by atomic mass is 16.4. The fourth-order valence-corrected chi connectivity index (χ4v) is 1.74. The van der Waals surface area contributed by atoms with Gasteiger partial charge >= 0.3 is 0 Å². The molecule has 0 saturated carbocycles. The van der Waals surface area contributed by atoms with Gasteiger partial charge in [0.15, 0.2) is 0 Å². The van der Waals surface area contributed by atoms with Gasteiger partial charge < -0.3 is 20.9 Å². The van der Waals surface area contributed by atoms with Gasteiger partial charge in [0.05, 0.1) is 6.61 Å². The maximum absolute atomic E-state index is 8.86. The molecule has 5 nitrogen and oxygen atoms in total. The van der Waals surface area contributed by atoms with Crippen molar-refractivity contribution in [1.29, 1.82) is 0 Å². The topological polar surface area (TPSA) is 82.1 Å². The van der Waals surface area contributed by atoms with Crippen molar-refractivity contribution in [2.45, 2.75) is 40.0 Å². The number of amidine groups is 1. The second-order valence-electron chi connectivity index (χ2n) is 4.98. The monoisotopic (exact) mass is 245 g/mol. The fraction of sp³-hybridized carbons (Fsp3) is 0.917. The van der Waals surface area contributed by atoms with Crippen LogP contribution in [0.5, 0.6) is 0 Å². The Morgan fingerprint density at radius 1 is 1.29 bits per heavy atom. The summed E-state index contributed by atoms with van der Waals surface area (Å²) in [6, 6.07) is 0. The average Bonchev–Trinajstić information content (AvgIpc) is 2.31. The van der Waals surface area contributed by atoms with Crippen molar-refractivity contribution in [2.75, 3.05) is 26.2 Å². The second-order valence-corrected chi connectivity index (χ2v) is 4.98. The Bertz CT molecular complexity index is 230. The van der Waals surface area contributed by atoms with Crippen LogP contribution in [0.3, 0.4) is 0 Å². The van der Waals surface area contributed by atoms with Crippen LogP contribution >= 0.6 is 0 Å². The van der Waals surface area contributed by atoms with Crippen LogP contribution < -0.4 is 5.73 Å². The molecule has 0 aliphatic heterocycles. The third-order valence-electron chi connectivity index (χ3n) is 3.19. The van der Waals surface area contributed by atoms with Gasteiger partial charge in [-0.15, -0.1) is 0 Å². The van der Waals surface area contributed by atoms with Crippen molar-refractivity contribution < 1.29 is 10.3 Å². The van der Waals surface area contributed by atoms with Crippen LogP contribution in [0.4, 0.5) is 0 Å². The molecule has 17 heavy (non-hydrogen) atoms. The molecule has 0 heterocycles. The Hall–Kier alpha value is -0.810. The molecule has 0 fully saturated rings. The first-order valence-corrected chi connectivity index (χ1v) is 6.29. The lowest BCUT2D eigenvalue weighted by molar-refractivity contribution is 0.198. The summed E-state index contributed by atoms with van der Waals surface area (Å²) in [6.07, 6.45) is 3.00. The van der Waals surface area contributed by atoms with Gasteiger partial charge in [-0.3, -0.25) is 0 Å². The van der Waals surface area contributed by atoms with Crippen molar-refractivity contribution in [1.82, 2.24) is 4.90 Å². The molecule has 0 radical (unpaired) electrons. The summed E-state index contributed by atoms with van der Waals surface area (Å²) in [4.78, 5) is 2.22. The van der Waals surface area contributed by atoms with E-state index in [1.54, 1.807) is 0 Å². The fourth-order valence-electron chi connectivity index (χ4n) is 1.74. The number of aliphatic hydroxyl groups excluding tert-OH is 1. The highest BCUT2D eigenvalue weighted by Gasteiger charge is 2.22. The third kappa shape index (κ3) is 6.48. The average molecular weight is 245 g/mol. The summed E-state index contributed by atoms with van der Waals surface area (Å²) in [6.45, 7) is 8.95. The predicted octanol–water partition coefficient (Wildman–Crippen LogP) is 1.24. The summed E-state index contributed by atoms with van der Waals surface area (Å²) in [5, 5.41) is 20.6. The van der Waals surface area contributed by atoms with E-state index in [-0.39, 0.29) is 12.0 Å². The molecular formula is C12H27N3O2. The minimum Gasteiger partial charge on any atom is -0.409 e. The largest absolute Gasteiger partial charge is 0.409 e. The summed E-state index contributed by atoms with van der Waals surface area (Å²) in [5.74, 6) is 0.292.